The number of amides is 1. The van der Waals surface area contributed by atoms with Crippen LogP contribution < -0.4 is 0 Å². The minimum absolute atomic E-state index is 0.0656. The fraction of sp³-hybridized carbons (Fsp3) is 0.913. The van der Waals surface area contributed by atoms with Gasteiger partial charge in [-0.05, 0) is 87.5 Å². The summed E-state index contributed by atoms with van der Waals surface area (Å²) in [7, 11) is -0.372. The Morgan fingerprint density at radius 3 is 2.06 bits per heavy atom. The molecule has 34 heavy (non-hydrogen) atoms. The third-order valence-corrected chi connectivity index (χ3v) is 6.50. The maximum atomic E-state index is 13.2. The van der Waals surface area contributed by atoms with E-state index in [1.165, 1.54) is 4.90 Å². The third-order valence-electron chi connectivity index (χ3n) is 6.50. The first-order valence-electron chi connectivity index (χ1n) is 11.9. The molecule has 0 unspecified atom stereocenters. The first kappa shape index (κ1) is 28.3. The molecule has 2 saturated heterocycles. The van der Waals surface area contributed by atoms with Crippen molar-refractivity contribution >= 4 is 19.2 Å². The zero-order valence-electron chi connectivity index (χ0n) is 22.4. The van der Waals surface area contributed by atoms with Crippen LogP contribution in [-0.4, -0.2) is 65.6 Å². The summed E-state index contributed by atoms with van der Waals surface area (Å²) in [5.41, 5.74) is 5.94. The van der Waals surface area contributed by atoms with Crippen molar-refractivity contribution in [1.29, 1.82) is 0 Å². The average molecular weight is 480 g/mol. The lowest BCUT2D eigenvalue weighted by atomic mass is 9.66. The van der Waals surface area contributed by atoms with Gasteiger partial charge in [-0.2, -0.15) is 0 Å². The van der Waals surface area contributed by atoms with Crippen molar-refractivity contribution in [2.45, 2.75) is 117 Å². The van der Waals surface area contributed by atoms with E-state index in [1.54, 1.807) is 41.5 Å². The van der Waals surface area contributed by atoms with Gasteiger partial charge in [0.2, 0.25) is 0 Å². The summed E-state index contributed by atoms with van der Waals surface area (Å²) in [6.45, 7) is 18.9. The highest BCUT2D eigenvalue weighted by Crippen LogP contribution is 2.46. The van der Waals surface area contributed by atoms with Crippen molar-refractivity contribution in [3.63, 3.8) is 0 Å². The van der Waals surface area contributed by atoms with Gasteiger partial charge < -0.3 is 18.8 Å². The van der Waals surface area contributed by atoms with Crippen molar-refractivity contribution in [3.8, 4) is 0 Å². The molecular weight excluding hydrogens is 439 g/mol. The summed E-state index contributed by atoms with van der Waals surface area (Å²) in [5, 5.41) is 3.79. The van der Waals surface area contributed by atoms with Crippen molar-refractivity contribution in [3.05, 3.63) is 10.4 Å². The predicted octanol–water partition coefficient (Wildman–Crippen LogP) is 5.12. The molecule has 2 aliphatic rings. The lowest BCUT2D eigenvalue weighted by Gasteiger charge is -2.55. The molecule has 0 radical (unpaired) electrons. The van der Waals surface area contributed by atoms with E-state index in [9.17, 15) is 9.59 Å². The maximum Gasteiger partial charge on any atom is 0.457 e. The second-order valence-corrected chi connectivity index (χ2v) is 12.4. The number of ether oxygens (including phenoxy) is 2. The number of likely N-dealkylation sites (tertiary alicyclic amines) is 1. The highest BCUT2D eigenvalue weighted by molar-refractivity contribution is 6.45. The van der Waals surface area contributed by atoms with Gasteiger partial charge in [0.1, 0.15) is 17.2 Å². The van der Waals surface area contributed by atoms with Crippen LogP contribution in [0.4, 0.5) is 4.79 Å². The molecule has 0 aromatic rings. The van der Waals surface area contributed by atoms with E-state index in [0.29, 0.717) is 19.2 Å². The molecule has 2 atom stereocenters. The Bertz CT molecular complexity index is 812. The molecule has 2 aliphatic heterocycles. The van der Waals surface area contributed by atoms with E-state index in [2.05, 4.69) is 10.0 Å². The van der Waals surface area contributed by atoms with Crippen molar-refractivity contribution in [2.24, 2.45) is 10.5 Å². The van der Waals surface area contributed by atoms with Gasteiger partial charge >= 0.3 is 19.2 Å². The van der Waals surface area contributed by atoms with Crippen LogP contribution >= 0.6 is 0 Å². The molecule has 192 valence electrons. The molecule has 2 rings (SSSR count). The predicted molar refractivity (Wildman–Crippen MR) is 129 cm³/mol. The molecule has 2 heterocycles. The highest BCUT2D eigenvalue weighted by atomic mass is 16.7. The lowest BCUT2D eigenvalue weighted by molar-refractivity contribution is -0.180. The van der Waals surface area contributed by atoms with E-state index in [4.69, 9.17) is 24.3 Å². The number of azide groups is 1. The summed E-state index contributed by atoms with van der Waals surface area (Å²) in [6.07, 6.45) is 1.20. The van der Waals surface area contributed by atoms with Gasteiger partial charge in [-0.3, -0.25) is 4.90 Å². The molecule has 0 spiro atoms. The first-order valence-corrected chi connectivity index (χ1v) is 11.9. The van der Waals surface area contributed by atoms with E-state index >= 15 is 0 Å². The molecule has 0 aromatic carbocycles. The molecule has 10 nitrogen and oxygen atoms in total. The monoisotopic (exact) mass is 480 g/mol. The number of hydrogen-bond acceptors (Lipinski definition) is 7. The molecule has 11 heteroatoms. The Labute approximate surface area is 203 Å². The van der Waals surface area contributed by atoms with Gasteiger partial charge in [0.15, 0.2) is 0 Å². The topological polar surface area (TPSA) is 123 Å². The zero-order valence-corrected chi connectivity index (χ0v) is 22.4. The Morgan fingerprint density at radius 2 is 1.59 bits per heavy atom. The number of nitrogens with zero attached hydrogens (tertiary/aromatic N) is 4. The van der Waals surface area contributed by atoms with Crippen LogP contribution in [0.5, 0.6) is 0 Å². The van der Waals surface area contributed by atoms with Crippen LogP contribution in [0.3, 0.4) is 0 Å². The van der Waals surface area contributed by atoms with Crippen LogP contribution in [0, 0.1) is 5.41 Å². The highest BCUT2D eigenvalue weighted by Gasteiger charge is 2.60. The Hall–Kier alpha value is -1.97. The number of carbonyl (C=O) groups excluding carboxylic acids is 2. The van der Waals surface area contributed by atoms with E-state index in [0.717, 1.165) is 0 Å². The molecular formula is C23H41BN4O6. The summed E-state index contributed by atoms with van der Waals surface area (Å²) in [5.74, 6) is -0.534. The molecule has 0 bridgehead atoms. The van der Waals surface area contributed by atoms with Crippen LogP contribution in [0.25, 0.3) is 10.4 Å². The lowest BCUT2D eigenvalue weighted by Crippen LogP contribution is -2.71. The van der Waals surface area contributed by atoms with E-state index in [1.807, 2.05) is 27.7 Å². The fourth-order valence-corrected chi connectivity index (χ4v) is 4.27. The summed E-state index contributed by atoms with van der Waals surface area (Å²) >= 11 is 0. The number of rotatable bonds is 7. The van der Waals surface area contributed by atoms with Gasteiger partial charge in [-0.15, -0.1) is 0 Å². The third kappa shape index (κ3) is 6.58. The largest absolute Gasteiger partial charge is 0.458 e. The fourth-order valence-electron chi connectivity index (χ4n) is 4.27. The Morgan fingerprint density at radius 1 is 1.06 bits per heavy atom. The molecule has 2 fully saturated rings. The van der Waals surface area contributed by atoms with Crippen LogP contribution in [-0.2, 0) is 23.6 Å². The van der Waals surface area contributed by atoms with Gasteiger partial charge in [0.05, 0.1) is 11.2 Å². The minimum atomic E-state index is -0.912. The first-order chi connectivity index (χ1) is 15.3. The number of hydrogen-bond donors (Lipinski definition) is 0. The Kier molecular flexibility index (Phi) is 7.97. The van der Waals surface area contributed by atoms with Crippen molar-refractivity contribution < 1.29 is 28.4 Å². The standard InChI is InChI=1S/C23H41BN4O6/c1-19(2,3)31-17(29)16-23(14-26-27-25,15-28(16)18(30)32-20(4,5)6)12-11-13-24-33-21(7,8)22(9,10)34-24/h16H,11-15H2,1-10H3/t16-,23+/m1/s1. The second kappa shape index (κ2) is 9.59. The van der Waals surface area contributed by atoms with Crippen LogP contribution in [0.15, 0.2) is 5.11 Å². The van der Waals surface area contributed by atoms with Crippen molar-refractivity contribution in [1.82, 2.24) is 4.90 Å². The molecule has 0 aliphatic carbocycles. The minimum Gasteiger partial charge on any atom is -0.458 e. The summed E-state index contributed by atoms with van der Waals surface area (Å²) in [4.78, 5) is 30.4. The number of esters is 1. The van der Waals surface area contributed by atoms with Gasteiger partial charge in [-0.25, -0.2) is 9.59 Å². The smallest absolute Gasteiger partial charge is 0.457 e. The van der Waals surface area contributed by atoms with Crippen LogP contribution in [0.2, 0.25) is 6.32 Å². The second-order valence-electron chi connectivity index (χ2n) is 12.4. The van der Waals surface area contributed by atoms with Crippen molar-refractivity contribution in [2.75, 3.05) is 13.1 Å². The van der Waals surface area contributed by atoms with E-state index < -0.39 is 45.9 Å². The molecule has 1 amide bonds. The van der Waals surface area contributed by atoms with Gasteiger partial charge in [-0.1, -0.05) is 11.5 Å². The molecule has 0 N–H and O–H groups in total. The average Bonchev–Trinajstić information content (AvgIpc) is 2.79. The molecule has 0 aromatic heterocycles. The quantitative estimate of drug-likeness (QED) is 0.164. The SMILES string of the molecule is CC(C)(C)OC(=O)[C@H]1N(C(=O)OC(C)(C)C)C[C@]1(CCCB1OC(C)(C)C(C)(C)O1)CN=[N+]=[N-]. The number of carbonyl (C=O) groups is 2. The van der Waals surface area contributed by atoms with Gasteiger partial charge in [0.25, 0.3) is 0 Å². The van der Waals surface area contributed by atoms with Crippen LogP contribution in [0.1, 0.15) is 82.1 Å². The summed E-state index contributed by atoms with van der Waals surface area (Å²) in [6, 6.07) is -0.912. The normalized spacial score (nSPS) is 25.9. The molecule has 0 saturated carbocycles. The summed E-state index contributed by atoms with van der Waals surface area (Å²) < 4.78 is 23.3. The Balaban J connectivity index is 2.22. The zero-order chi connectivity index (χ0) is 26.2. The van der Waals surface area contributed by atoms with Gasteiger partial charge in [0, 0.05) is 23.4 Å². The maximum absolute atomic E-state index is 13.2. The van der Waals surface area contributed by atoms with E-state index in [-0.39, 0.29) is 20.2 Å².